The van der Waals surface area contributed by atoms with E-state index in [-0.39, 0.29) is 5.69 Å². The molecule has 0 spiro atoms. The minimum Gasteiger partial charge on any atom is -0.439 e. The number of ether oxygens (including phenoxy) is 1. The van der Waals surface area contributed by atoms with E-state index in [9.17, 15) is 10.1 Å². The zero-order valence-electron chi connectivity index (χ0n) is 11.2. The maximum absolute atomic E-state index is 10.7. The average Bonchev–Trinajstić information content (AvgIpc) is 3.24. The molecule has 1 aromatic heterocycles. The zero-order chi connectivity index (χ0) is 15.0. The Morgan fingerprint density at radius 1 is 1.33 bits per heavy atom. The molecule has 0 atom stereocenters. The van der Waals surface area contributed by atoms with E-state index in [1.54, 1.807) is 19.1 Å². The number of nitro groups is 1. The molecule has 1 fully saturated rings. The van der Waals surface area contributed by atoms with E-state index < -0.39 is 4.92 Å². The van der Waals surface area contributed by atoms with Crippen LogP contribution in [0.1, 0.15) is 30.1 Å². The van der Waals surface area contributed by atoms with Gasteiger partial charge in [-0.1, -0.05) is 0 Å². The van der Waals surface area contributed by atoms with Gasteiger partial charge < -0.3 is 4.74 Å². The van der Waals surface area contributed by atoms with Crippen molar-refractivity contribution in [3.05, 3.63) is 50.4 Å². The third-order valence-corrected chi connectivity index (χ3v) is 3.62. The fourth-order valence-corrected chi connectivity index (χ4v) is 2.34. The Balaban J connectivity index is 1.88. The first-order valence-electron chi connectivity index (χ1n) is 6.50. The fourth-order valence-electron chi connectivity index (χ4n) is 1.96. The van der Waals surface area contributed by atoms with Crippen molar-refractivity contribution in [3.8, 4) is 11.6 Å². The summed E-state index contributed by atoms with van der Waals surface area (Å²) >= 11 is 3.35. The SMILES string of the molecule is Cc1cc([N+](=O)[O-])ccc1Oc1cc(Br)nc(C2CC2)n1. The van der Waals surface area contributed by atoms with Gasteiger partial charge in [0.1, 0.15) is 16.2 Å². The van der Waals surface area contributed by atoms with Crippen LogP contribution in [0, 0.1) is 17.0 Å². The zero-order valence-corrected chi connectivity index (χ0v) is 12.8. The molecule has 0 radical (unpaired) electrons. The highest BCUT2D eigenvalue weighted by molar-refractivity contribution is 9.10. The van der Waals surface area contributed by atoms with Crippen LogP contribution in [-0.2, 0) is 0 Å². The van der Waals surface area contributed by atoms with Crippen LogP contribution in [0.2, 0.25) is 0 Å². The van der Waals surface area contributed by atoms with Gasteiger partial charge in [-0.15, -0.1) is 0 Å². The number of rotatable bonds is 4. The van der Waals surface area contributed by atoms with Gasteiger partial charge in [0, 0.05) is 24.1 Å². The summed E-state index contributed by atoms with van der Waals surface area (Å²) in [5, 5.41) is 10.7. The molecule has 0 N–H and O–H groups in total. The molecular weight excluding hydrogens is 338 g/mol. The van der Waals surface area contributed by atoms with Gasteiger partial charge in [0.2, 0.25) is 5.88 Å². The first-order valence-corrected chi connectivity index (χ1v) is 7.29. The highest BCUT2D eigenvalue weighted by atomic mass is 79.9. The summed E-state index contributed by atoms with van der Waals surface area (Å²) in [5.74, 6) is 2.19. The number of nitro benzene ring substituents is 1. The minimum atomic E-state index is -0.427. The van der Waals surface area contributed by atoms with E-state index in [0.717, 1.165) is 18.7 Å². The molecule has 1 aliphatic carbocycles. The van der Waals surface area contributed by atoms with Crippen LogP contribution in [-0.4, -0.2) is 14.9 Å². The lowest BCUT2D eigenvalue weighted by Crippen LogP contribution is -1.98. The first kappa shape index (κ1) is 13.9. The van der Waals surface area contributed by atoms with Crippen LogP contribution in [0.15, 0.2) is 28.9 Å². The number of non-ortho nitro benzene ring substituents is 1. The van der Waals surface area contributed by atoms with Gasteiger partial charge in [-0.05, 0) is 47.3 Å². The Morgan fingerprint density at radius 3 is 2.71 bits per heavy atom. The molecule has 0 aliphatic heterocycles. The van der Waals surface area contributed by atoms with E-state index in [1.807, 2.05) is 0 Å². The molecule has 0 amide bonds. The van der Waals surface area contributed by atoms with E-state index in [0.29, 0.717) is 27.7 Å². The largest absolute Gasteiger partial charge is 0.439 e. The van der Waals surface area contributed by atoms with Crippen molar-refractivity contribution in [2.24, 2.45) is 0 Å². The Hall–Kier alpha value is -2.02. The molecule has 3 rings (SSSR count). The highest BCUT2D eigenvalue weighted by Gasteiger charge is 2.27. The molecule has 0 bridgehead atoms. The van der Waals surface area contributed by atoms with Crippen molar-refractivity contribution in [1.29, 1.82) is 0 Å². The molecule has 108 valence electrons. The van der Waals surface area contributed by atoms with Crippen LogP contribution < -0.4 is 4.74 Å². The van der Waals surface area contributed by atoms with E-state index in [4.69, 9.17) is 4.74 Å². The summed E-state index contributed by atoms with van der Waals surface area (Å²) in [6.45, 7) is 1.76. The van der Waals surface area contributed by atoms with Crippen LogP contribution in [0.3, 0.4) is 0 Å². The molecular formula is C14H12BrN3O3. The maximum atomic E-state index is 10.7. The quantitative estimate of drug-likeness (QED) is 0.471. The molecule has 2 aromatic rings. The van der Waals surface area contributed by atoms with Gasteiger partial charge in [-0.3, -0.25) is 10.1 Å². The van der Waals surface area contributed by atoms with Crippen LogP contribution in [0.5, 0.6) is 11.6 Å². The fraction of sp³-hybridized carbons (Fsp3) is 0.286. The van der Waals surface area contributed by atoms with Crippen LogP contribution in [0.25, 0.3) is 0 Å². The van der Waals surface area contributed by atoms with Gasteiger partial charge in [0.25, 0.3) is 5.69 Å². The average molecular weight is 350 g/mol. The molecule has 1 heterocycles. The Labute approximate surface area is 129 Å². The second-order valence-corrected chi connectivity index (χ2v) is 5.78. The highest BCUT2D eigenvalue weighted by Crippen LogP contribution is 2.39. The lowest BCUT2D eigenvalue weighted by Gasteiger charge is -2.09. The molecule has 21 heavy (non-hydrogen) atoms. The second kappa shape index (κ2) is 5.40. The van der Waals surface area contributed by atoms with Crippen molar-refractivity contribution < 1.29 is 9.66 Å². The molecule has 7 heteroatoms. The summed E-state index contributed by atoms with van der Waals surface area (Å²) in [6, 6.07) is 6.17. The summed E-state index contributed by atoms with van der Waals surface area (Å²) in [5.41, 5.74) is 0.731. The smallest absolute Gasteiger partial charge is 0.269 e. The number of aromatic nitrogens is 2. The number of aryl methyl sites for hydroxylation is 1. The van der Waals surface area contributed by atoms with Gasteiger partial charge in [0.05, 0.1) is 4.92 Å². The molecule has 1 aromatic carbocycles. The van der Waals surface area contributed by atoms with Crippen molar-refractivity contribution in [2.75, 3.05) is 0 Å². The van der Waals surface area contributed by atoms with E-state index in [1.165, 1.54) is 12.1 Å². The summed E-state index contributed by atoms with van der Waals surface area (Å²) in [4.78, 5) is 19.0. The lowest BCUT2D eigenvalue weighted by molar-refractivity contribution is -0.384. The molecule has 6 nitrogen and oxygen atoms in total. The molecule has 0 saturated heterocycles. The Bertz CT molecular complexity index is 717. The Kier molecular flexibility index (Phi) is 3.59. The van der Waals surface area contributed by atoms with Crippen LogP contribution >= 0.6 is 15.9 Å². The van der Waals surface area contributed by atoms with Crippen molar-refractivity contribution in [2.45, 2.75) is 25.7 Å². The molecule has 1 aliphatic rings. The molecule has 1 saturated carbocycles. The Morgan fingerprint density at radius 2 is 2.10 bits per heavy atom. The number of benzene rings is 1. The van der Waals surface area contributed by atoms with Gasteiger partial charge in [-0.2, -0.15) is 4.98 Å². The normalized spacial score (nSPS) is 14.0. The van der Waals surface area contributed by atoms with E-state index >= 15 is 0 Å². The van der Waals surface area contributed by atoms with Gasteiger partial charge in [0.15, 0.2) is 0 Å². The third-order valence-electron chi connectivity index (χ3n) is 3.22. The number of hydrogen-bond donors (Lipinski definition) is 0. The van der Waals surface area contributed by atoms with Gasteiger partial charge in [-0.25, -0.2) is 4.98 Å². The van der Waals surface area contributed by atoms with Crippen molar-refractivity contribution in [1.82, 2.24) is 9.97 Å². The summed E-state index contributed by atoms with van der Waals surface area (Å²) in [7, 11) is 0. The topological polar surface area (TPSA) is 78.2 Å². The number of nitrogens with zero attached hydrogens (tertiary/aromatic N) is 3. The maximum Gasteiger partial charge on any atom is 0.269 e. The molecule has 0 unspecified atom stereocenters. The van der Waals surface area contributed by atoms with Gasteiger partial charge >= 0.3 is 0 Å². The second-order valence-electron chi connectivity index (χ2n) is 4.97. The third kappa shape index (κ3) is 3.18. The van der Waals surface area contributed by atoms with E-state index in [2.05, 4.69) is 25.9 Å². The monoisotopic (exact) mass is 349 g/mol. The summed E-state index contributed by atoms with van der Waals surface area (Å²) < 4.78 is 6.41. The predicted molar refractivity (Wildman–Crippen MR) is 79.6 cm³/mol. The predicted octanol–water partition coefficient (Wildman–Crippen LogP) is 4.13. The number of hydrogen-bond acceptors (Lipinski definition) is 5. The lowest BCUT2D eigenvalue weighted by atomic mass is 10.2. The van der Waals surface area contributed by atoms with Crippen LogP contribution in [0.4, 0.5) is 5.69 Å². The van der Waals surface area contributed by atoms with Crippen molar-refractivity contribution >= 4 is 21.6 Å². The minimum absolute atomic E-state index is 0.0439. The first-order chi connectivity index (χ1) is 10.0. The van der Waals surface area contributed by atoms with Crippen molar-refractivity contribution in [3.63, 3.8) is 0 Å². The standard InChI is InChI=1S/C14H12BrN3O3/c1-8-6-10(18(19)20)4-5-11(8)21-13-7-12(15)16-14(17-13)9-2-3-9/h4-7,9H,2-3H2,1H3. The summed E-state index contributed by atoms with van der Waals surface area (Å²) in [6.07, 6.45) is 2.21. The number of halogens is 1.